The van der Waals surface area contributed by atoms with Gasteiger partial charge in [0.2, 0.25) is 0 Å². The van der Waals surface area contributed by atoms with Crippen molar-refractivity contribution < 1.29 is 0 Å². The Hall–Kier alpha value is -0.820. The smallest absolute Gasteiger partial charge is 0.0208 e. The Morgan fingerprint density at radius 3 is 2.67 bits per heavy atom. The lowest BCUT2D eigenvalue weighted by Crippen LogP contribution is -2.38. The first kappa shape index (κ1) is 10.7. The van der Waals surface area contributed by atoms with Gasteiger partial charge < -0.3 is 5.32 Å². The van der Waals surface area contributed by atoms with Crippen LogP contribution >= 0.6 is 0 Å². The second-order valence-electron chi connectivity index (χ2n) is 5.56. The molecule has 0 saturated heterocycles. The van der Waals surface area contributed by atoms with Gasteiger partial charge in [0.05, 0.1) is 0 Å². The van der Waals surface area contributed by atoms with E-state index in [1.165, 1.54) is 16.7 Å². The first-order valence-corrected chi connectivity index (χ1v) is 5.85. The molecule has 0 aliphatic carbocycles. The summed E-state index contributed by atoms with van der Waals surface area (Å²) in [6, 6.07) is 6.98. The molecule has 0 radical (unpaired) electrons. The fraction of sp³-hybridized carbons (Fsp3) is 0.571. The Morgan fingerprint density at radius 2 is 2.00 bits per heavy atom. The predicted molar refractivity (Wildman–Crippen MR) is 65.3 cm³/mol. The van der Waals surface area contributed by atoms with Gasteiger partial charge in [-0.1, -0.05) is 45.9 Å². The van der Waals surface area contributed by atoms with E-state index in [9.17, 15) is 0 Å². The van der Waals surface area contributed by atoms with E-state index in [0.29, 0.717) is 5.92 Å². The van der Waals surface area contributed by atoms with Gasteiger partial charge in [-0.05, 0) is 22.6 Å². The van der Waals surface area contributed by atoms with Crippen molar-refractivity contribution in [3.8, 4) is 0 Å². The second kappa shape index (κ2) is 3.64. The number of benzene rings is 1. The Morgan fingerprint density at radius 1 is 1.27 bits per heavy atom. The van der Waals surface area contributed by atoms with Crippen molar-refractivity contribution in [2.45, 2.75) is 45.6 Å². The molecule has 1 N–H and O–H groups in total. The van der Waals surface area contributed by atoms with Crippen LogP contribution in [0, 0.1) is 0 Å². The third-order valence-electron chi connectivity index (χ3n) is 3.41. The summed E-state index contributed by atoms with van der Waals surface area (Å²) in [4.78, 5) is 0. The molecule has 0 aromatic heterocycles. The fourth-order valence-electron chi connectivity index (χ4n) is 2.38. The van der Waals surface area contributed by atoms with Crippen LogP contribution in [0.25, 0.3) is 0 Å². The third kappa shape index (κ3) is 1.93. The van der Waals surface area contributed by atoms with E-state index in [2.05, 4.69) is 51.2 Å². The van der Waals surface area contributed by atoms with Crippen LogP contribution in [-0.4, -0.2) is 6.54 Å². The van der Waals surface area contributed by atoms with Gasteiger partial charge in [0.1, 0.15) is 0 Å². The molecule has 1 heteroatoms. The summed E-state index contributed by atoms with van der Waals surface area (Å²) >= 11 is 0. The van der Waals surface area contributed by atoms with E-state index < -0.39 is 0 Å². The summed E-state index contributed by atoms with van der Waals surface area (Å²) in [6.45, 7) is 11.2. The Labute approximate surface area is 92.9 Å². The first-order chi connectivity index (χ1) is 7.00. The summed E-state index contributed by atoms with van der Waals surface area (Å²) in [7, 11) is 0. The molecule has 82 valence electrons. The van der Waals surface area contributed by atoms with Gasteiger partial charge in [-0.25, -0.2) is 0 Å². The van der Waals surface area contributed by atoms with E-state index in [0.717, 1.165) is 13.1 Å². The SMILES string of the molecule is CC(C)c1ccc2c(c1)CNCC2(C)C. The van der Waals surface area contributed by atoms with Crippen molar-refractivity contribution in [2.24, 2.45) is 0 Å². The van der Waals surface area contributed by atoms with Crippen LogP contribution < -0.4 is 5.32 Å². The standard InChI is InChI=1S/C14H21N/c1-10(2)11-5-6-13-12(7-11)8-15-9-14(13,3)4/h5-7,10,15H,8-9H2,1-4H3. The van der Waals surface area contributed by atoms with Crippen molar-refractivity contribution in [3.63, 3.8) is 0 Å². The van der Waals surface area contributed by atoms with E-state index in [-0.39, 0.29) is 5.41 Å². The zero-order valence-corrected chi connectivity index (χ0v) is 10.2. The molecular weight excluding hydrogens is 182 g/mol. The second-order valence-corrected chi connectivity index (χ2v) is 5.56. The van der Waals surface area contributed by atoms with Crippen LogP contribution in [0.15, 0.2) is 18.2 Å². The molecule has 2 rings (SSSR count). The fourth-order valence-corrected chi connectivity index (χ4v) is 2.38. The third-order valence-corrected chi connectivity index (χ3v) is 3.41. The molecular formula is C14H21N. The van der Waals surface area contributed by atoms with Crippen molar-refractivity contribution in [3.05, 3.63) is 34.9 Å². The highest BCUT2D eigenvalue weighted by Crippen LogP contribution is 2.31. The average Bonchev–Trinajstić information content (AvgIpc) is 2.16. The summed E-state index contributed by atoms with van der Waals surface area (Å²) < 4.78 is 0. The van der Waals surface area contributed by atoms with Crippen LogP contribution in [0.1, 0.15) is 50.3 Å². The normalized spacial score (nSPS) is 19.0. The van der Waals surface area contributed by atoms with Gasteiger partial charge in [0.15, 0.2) is 0 Å². The van der Waals surface area contributed by atoms with Crippen LogP contribution in [0.4, 0.5) is 0 Å². The van der Waals surface area contributed by atoms with Gasteiger partial charge in [-0.15, -0.1) is 0 Å². The van der Waals surface area contributed by atoms with E-state index in [1.54, 1.807) is 0 Å². The van der Waals surface area contributed by atoms with Gasteiger partial charge in [-0.2, -0.15) is 0 Å². The van der Waals surface area contributed by atoms with Crippen LogP contribution in [0.3, 0.4) is 0 Å². The monoisotopic (exact) mass is 203 g/mol. The topological polar surface area (TPSA) is 12.0 Å². The number of rotatable bonds is 1. The molecule has 1 aliphatic heterocycles. The summed E-state index contributed by atoms with van der Waals surface area (Å²) in [5.41, 5.74) is 4.74. The molecule has 0 spiro atoms. The van der Waals surface area contributed by atoms with Gasteiger partial charge in [0, 0.05) is 18.5 Å². The minimum Gasteiger partial charge on any atom is -0.312 e. The van der Waals surface area contributed by atoms with E-state index in [4.69, 9.17) is 0 Å². The van der Waals surface area contributed by atoms with Gasteiger partial charge in [-0.3, -0.25) is 0 Å². The molecule has 1 aliphatic rings. The molecule has 0 unspecified atom stereocenters. The van der Waals surface area contributed by atoms with Crippen molar-refractivity contribution >= 4 is 0 Å². The molecule has 0 fully saturated rings. The van der Waals surface area contributed by atoms with Gasteiger partial charge in [0.25, 0.3) is 0 Å². The Balaban J connectivity index is 2.45. The Bertz CT molecular complexity index is 364. The summed E-state index contributed by atoms with van der Waals surface area (Å²) in [5, 5.41) is 3.50. The van der Waals surface area contributed by atoms with Crippen molar-refractivity contribution in [2.75, 3.05) is 6.54 Å². The van der Waals surface area contributed by atoms with E-state index >= 15 is 0 Å². The molecule has 0 saturated carbocycles. The van der Waals surface area contributed by atoms with Crippen LogP contribution in [0.5, 0.6) is 0 Å². The molecule has 1 aromatic rings. The van der Waals surface area contributed by atoms with E-state index in [1.807, 2.05) is 0 Å². The first-order valence-electron chi connectivity index (χ1n) is 5.85. The molecule has 1 aromatic carbocycles. The minimum atomic E-state index is 0.281. The maximum atomic E-state index is 3.50. The highest BCUT2D eigenvalue weighted by molar-refractivity contribution is 5.39. The van der Waals surface area contributed by atoms with Crippen molar-refractivity contribution in [1.82, 2.24) is 5.32 Å². The quantitative estimate of drug-likeness (QED) is 0.739. The molecule has 1 heterocycles. The lowest BCUT2D eigenvalue weighted by Gasteiger charge is -2.33. The summed E-state index contributed by atoms with van der Waals surface area (Å²) in [6.07, 6.45) is 0. The molecule has 1 nitrogen and oxygen atoms in total. The number of hydrogen-bond acceptors (Lipinski definition) is 1. The lowest BCUT2D eigenvalue weighted by molar-refractivity contribution is 0.434. The Kier molecular flexibility index (Phi) is 2.59. The maximum Gasteiger partial charge on any atom is 0.0208 e. The highest BCUT2D eigenvalue weighted by Gasteiger charge is 2.26. The maximum absolute atomic E-state index is 3.50. The average molecular weight is 203 g/mol. The lowest BCUT2D eigenvalue weighted by atomic mass is 9.78. The predicted octanol–water partition coefficient (Wildman–Crippen LogP) is 3.19. The zero-order valence-electron chi connectivity index (χ0n) is 10.2. The minimum absolute atomic E-state index is 0.281. The number of nitrogens with one attached hydrogen (secondary N) is 1. The van der Waals surface area contributed by atoms with Crippen LogP contribution in [-0.2, 0) is 12.0 Å². The van der Waals surface area contributed by atoms with Crippen LogP contribution in [0.2, 0.25) is 0 Å². The number of fused-ring (bicyclic) bond motifs is 1. The van der Waals surface area contributed by atoms with Crippen molar-refractivity contribution in [1.29, 1.82) is 0 Å². The summed E-state index contributed by atoms with van der Waals surface area (Å²) in [5.74, 6) is 0.625. The van der Waals surface area contributed by atoms with Gasteiger partial charge >= 0.3 is 0 Å². The molecule has 0 amide bonds. The largest absolute Gasteiger partial charge is 0.312 e. The molecule has 0 bridgehead atoms. The highest BCUT2D eigenvalue weighted by atomic mass is 14.9. The molecule has 15 heavy (non-hydrogen) atoms. The zero-order chi connectivity index (χ0) is 11.1. The molecule has 0 atom stereocenters. The number of hydrogen-bond donors (Lipinski definition) is 1.